The zero-order valence-electron chi connectivity index (χ0n) is 17.9. The Bertz CT molecular complexity index is 804. The van der Waals surface area contributed by atoms with Gasteiger partial charge >= 0.3 is 0 Å². The molecule has 1 aromatic carbocycles. The van der Waals surface area contributed by atoms with E-state index in [2.05, 4.69) is 16.8 Å². The van der Waals surface area contributed by atoms with Gasteiger partial charge in [0.1, 0.15) is 0 Å². The maximum absolute atomic E-state index is 12.0. The van der Waals surface area contributed by atoms with Gasteiger partial charge in [-0.2, -0.15) is 0 Å². The number of hydrogen-bond donors (Lipinski definition) is 1. The number of hydrogen-bond acceptors (Lipinski definition) is 4. The molecule has 2 fully saturated rings. The van der Waals surface area contributed by atoms with Crippen molar-refractivity contribution in [2.45, 2.75) is 81.2 Å². The van der Waals surface area contributed by atoms with Crippen molar-refractivity contribution in [1.29, 1.82) is 0 Å². The number of benzene rings is 1. The largest absolute Gasteiger partial charge is 0.303 e. The summed E-state index contributed by atoms with van der Waals surface area (Å²) < 4.78 is 24.0. The number of primary sulfonamides is 1. The van der Waals surface area contributed by atoms with Crippen LogP contribution in [0, 0.1) is 5.92 Å². The average molecular weight is 420 g/mol. The predicted octanol–water partition coefficient (Wildman–Crippen LogP) is 3.69. The topological polar surface area (TPSA) is 66.6 Å². The van der Waals surface area contributed by atoms with Gasteiger partial charge < -0.3 is 4.90 Å². The molecular formula is C23H37N3O2S. The van der Waals surface area contributed by atoms with Gasteiger partial charge in [0, 0.05) is 25.2 Å². The Labute approximate surface area is 176 Å². The number of nitrogens with two attached hydrogens (primary N) is 1. The normalized spacial score (nSPS) is 27.2. The highest BCUT2D eigenvalue weighted by atomic mass is 32.2. The molecule has 0 spiro atoms. The van der Waals surface area contributed by atoms with Gasteiger partial charge in [0.15, 0.2) is 0 Å². The highest BCUT2D eigenvalue weighted by Gasteiger charge is 2.32. The van der Waals surface area contributed by atoms with E-state index in [0.29, 0.717) is 12.1 Å². The maximum Gasteiger partial charge on any atom is 0.238 e. The third-order valence-corrected chi connectivity index (χ3v) is 8.49. The molecule has 3 aliphatic rings. The molecule has 29 heavy (non-hydrogen) atoms. The Kier molecular flexibility index (Phi) is 6.64. The Morgan fingerprint density at radius 2 is 1.83 bits per heavy atom. The van der Waals surface area contributed by atoms with Crippen molar-refractivity contribution in [3.63, 3.8) is 0 Å². The van der Waals surface area contributed by atoms with E-state index >= 15 is 0 Å². The van der Waals surface area contributed by atoms with Crippen LogP contribution in [-0.2, 0) is 16.4 Å². The van der Waals surface area contributed by atoms with E-state index in [-0.39, 0.29) is 4.90 Å². The van der Waals surface area contributed by atoms with Gasteiger partial charge in [0.2, 0.25) is 10.0 Å². The summed E-state index contributed by atoms with van der Waals surface area (Å²) >= 11 is 0. The number of rotatable bonds is 6. The summed E-state index contributed by atoms with van der Waals surface area (Å²) in [6.45, 7) is 3.45. The second-order valence-corrected chi connectivity index (χ2v) is 11.1. The van der Waals surface area contributed by atoms with Crippen LogP contribution in [0.3, 0.4) is 0 Å². The van der Waals surface area contributed by atoms with E-state index in [9.17, 15) is 8.42 Å². The highest BCUT2D eigenvalue weighted by Crippen LogP contribution is 2.38. The van der Waals surface area contributed by atoms with E-state index in [4.69, 9.17) is 5.14 Å². The zero-order chi connectivity index (χ0) is 20.4. The van der Waals surface area contributed by atoms with Crippen LogP contribution >= 0.6 is 0 Å². The van der Waals surface area contributed by atoms with Crippen LogP contribution in [0.4, 0.5) is 0 Å². The average Bonchev–Trinajstić information content (AvgIpc) is 3.11. The van der Waals surface area contributed by atoms with Gasteiger partial charge in [-0.1, -0.05) is 25.3 Å². The summed E-state index contributed by atoms with van der Waals surface area (Å²) in [5.74, 6) is 0.795. The first-order chi connectivity index (χ1) is 13.9. The molecule has 6 heteroatoms. The third kappa shape index (κ3) is 5.04. The molecule has 2 N–H and O–H groups in total. The van der Waals surface area contributed by atoms with Gasteiger partial charge in [0.25, 0.3) is 0 Å². The Morgan fingerprint density at radius 3 is 2.52 bits per heavy atom. The summed E-state index contributed by atoms with van der Waals surface area (Å²) in [7, 11) is -1.43. The zero-order valence-corrected chi connectivity index (χ0v) is 18.7. The summed E-state index contributed by atoms with van der Waals surface area (Å²) in [6, 6.07) is 6.55. The number of likely N-dealkylation sites (tertiary alicyclic amines) is 1. The van der Waals surface area contributed by atoms with Crippen molar-refractivity contribution in [2.75, 3.05) is 26.7 Å². The van der Waals surface area contributed by atoms with Gasteiger partial charge in [-0.05, 0) is 87.7 Å². The number of sulfonamides is 1. The molecule has 0 aromatic heterocycles. The van der Waals surface area contributed by atoms with Crippen LogP contribution in [-0.4, -0.2) is 50.9 Å². The fourth-order valence-corrected chi connectivity index (χ4v) is 6.41. The van der Waals surface area contributed by atoms with Crippen LogP contribution in [0.5, 0.6) is 0 Å². The molecular weight excluding hydrogens is 382 g/mol. The fourth-order valence-electron chi connectivity index (χ4n) is 5.86. The molecule has 0 bridgehead atoms. The molecule has 2 heterocycles. The molecule has 1 saturated carbocycles. The Hall–Kier alpha value is -0.950. The first kappa shape index (κ1) is 21.3. The molecule has 2 aliphatic heterocycles. The molecule has 1 aliphatic carbocycles. The molecule has 0 amide bonds. The van der Waals surface area contributed by atoms with Crippen LogP contribution in [0.2, 0.25) is 0 Å². The lowest BCUT2D eigenvalue weighted by Gasteiger charge is -2.41. The van der Waals surface area contributed by atoms with Crippen LogP contribution in [0.25, 0.3) is 0 Å². The van der Waals surface area contributed by atoms with Crippen molar-refractivity contribution in [3.05, 3.63) is 29.3 Å². The monoisotopic (exact) mass is 419 g/mol. The lowest BCUT2D eigenvalue weighted by molar-refractivity contribution is 0.125. The second-order valence-electron chi connectivity index (χ2n) is 9.52. The van der Waals surface area contributed by atoms with E-state index in [1.165, 1.54) is 69.0 Å². The van der Waals surface area contributed by atoms with Gasteiger partial charge in [-0.25, -0.2) is 13.6 Å². The molecule has 0 radical (unpaired) electrons. The SMILES string of the molecule is CN1CCC[C@H]1CCC1c2cc(S(N)(=O)=O)ccc2CCN1CC1CCCCC1. The lowest BCUT2D eigenvalue weighted by Crippen LogP contribution is -2.40. The molecule has 162 valence electrons. The third-order valence-electron chi connectivity index (χ3n) is 7.58. The van der Waals surface area contributed by atoms with E-state index in [1.807, 2.05) is 12.1 Å². The van der Waals surface area contributed by atoms with Crippen LogP contribution < -0.4 is 5.14 Å². The van der Waals surface area contributed by atoms with Crippen LogP contribution in [0.15, 0.2) is 23.1 Å². The molecule has 1 aromatic rings. The summed E-state index contributed by atoms with van der Waals surface area (Å²) in [6.07, 6.45) is 12.7. The minimum atomic E-state index is -3.67. The first-order valence-electron chi connectivity index (χ1n) is 11.5. The highest BCUT2D eigenvalue weighted by molar-refractivity contribution is 7.89. The fraction of sp³-hybridized carbons (Fsp3) is 0.739. The molecule has 4 rings (SSSR count). The number of nitrogens with zero attached hydrogens (tertiary/aromatic N) is 2. The Balaban J connectivity index is 1.58. The summed E-state index contributed by atoms with van der Waals surface area (Å²) in [5.41, 5.74) is 2.52. The molecule has 5 nitrogen and oxygen atoms in total. The minimum Gasteiger partial charge on any atom is -0.303 e. The van der Waals surface area contributed by atoms with Gasteiger partial charge in [-0.15, -0.1) is 0 Å². The smallest absolute Gasteiger partial charge is 0.238 e. The van der Waals surface area contributed by atoms with Gasteiger partial charge in [0.05, 0.1) is 4.90 Å². The summed E-state index contributed by atoms with van der Waals surface area (Å²) in [5, 5.41) is 5.46. The standard InChI is InChI=1S/C23H37N3O2S/c1-25-14-5-8-20(25)10-12-23-22-16-21(29(24,27)28)11-9-19(22)13-15-26(23)17-18-6-3-2-4-7-18/h9,11,16,18,20,23H,2-8,10,12-15,17H2,1H3,(H2,24,27,28)/t20-,23?/m0/s1. The van der Waals surface area contributed by atoms with Crippen molar-refractivity contribution < 1.29 is 8.42 Å². The van der Waals surface area contributed by atoms with Crippen molar-refractivity contribution in [3.8, 4) is 0 Å². The predicted molar refractivity (Wildman–Crippen MR) is 117 cm³/mol. The summed E-state index contributed by atoms with van der Waals surface area (Å²) in [4.78, 5) is 5.43. The van der Waals surface area contributed by atoms with E-state index in [0.717, 1.165) is 31.8 Å². The minimum absolute atomic E-state index is 0.263. The quantitative estimate of drug-likeness (QED) is 0.764. The number of fused-ring (bicyclic) bond motifs is 1. The van der Waals surface area contributed by atoms with E-state index in [1.54, 1.807) is 6.07 Å². The maximum atomic E-state index is 12.0. The van der Waals surface area contributed by atoms with Crippen molar-refractivity contribution in [1.82, 2.24) is 9.80 Å². The lowest BCUT2D eigenvalue weighted by atomic mass is 9.85. The second kappa shape index (κ2) is 9.04. The molecule has 2 atom stereocenters. The van der Waals surface area contributed by atoms with Crippen molar-refractivity contribution in [2.24, 2.45) is 11.1 Å². The molecule has 1 saturated heterocycles. The first-order valence-corrected chi connectivity index (χ1v) is 13.1. The van der Waals surface area contributed by atoms with E-state index < -0.39 is 10.0 Å². The molecule has 1 unspecified atom stereocenters. The van der Waals surface area contributed by atoms with Crippen molar-refractivity contribution >= 4 is 10.0 Å². The Morgan fingerprint density at radius 1 is 1.03 bits per heavy atom. The van der Waals surface area contributed by atoms with Gasteiger partial charge in [-0.3, -0.25) is 4.90 Å². The van der Waals surface area contributed by atoms with Crippen LogP contribution in [0.1, 0.15) is 75.0 Å².